The molecular formula is C14H25N5. The van der Waals surface area contributed by atoms with Crippen LogP contribution in [0.4, 0.5) is 11.6 Å². The zero-order valence-corrected chi connectivity index (χ0v) is 12.6. The van der Waals surface area contributed by atoms with E-state index >= 15 is 0 Å². The number of nitrogens with zero attached hydrogens (tertiary/aromatic N) is 3. The molecule has 1 atom stereocenters. The molecule has 0 aliphatic heterocycles. The summed E-state index contributed by atoms with van der Waals surface area (Å²) in [6, 6.07) is 2.42. The van der Waals surface area contributed by atoms with Crippen LogP contribution in [-0.2, 0) is 5.41 Å². The lowest BCUT2D eigenvalue weighted by Gasteiger charge is -2.28. The second-order valence-electron chi connectivity index (χ2n) is 6.52. The number of nitrogens with two attached hydrogens (primary N) is 1. The van der Waals surface area contributed by atoms with Crippen molar-refractivity contribution in [3.8, 4) is 0 Å². The summed E-state index contributed by atoms with van der Waals surface area (Å²) >= 11 is 0. The number of anilines is 2. The van der Waals surface area contributed by atoms with Crippen molar-refractivity contribution in [3.05, 3.63) is 11.9 Å². The molecule has 0 bridgehead atoms. The number of hydrogen-bond donors (Lipinski definition) is 2. The molecule has 0 spiro atoms. The molecule has 106 valence electrons. The minimum Gasteiger partial charge on any atom is -0.357 e. The molecule has 5 nitrogen and oxygen atoms in total. The predicted octanol–water partition coefficient (Wildman–Crippen LogP) is 2.29. The molecule has 0 saturated heterocycles. The quantitative estimate of drug-likeness (QED) is 0.644. The van der Waals surface area contributed by atoms with Gasteiger partial charge in [-0.05, 0) is 25.7 Å². The minimum atomic E-state index is -0.0920. The molecule has 0 radical (unpaired) electrons. The van der Waals surface area contributed by atoms with E-state index in [2.05, 4.69) is 50.1 Å². The molecule has 1 unspecified atom stereocenters. The first-order valence-corrected chi connectivity index (χ1v) is 6.92. The fraction of sp³-hybridized carbons (Fsp3) is 0.714. The Kier molecular flexibility index (Phi) is 3.67. The van der Waals surface area contributed by atoms with Gasteiger partial charge in [0.1, 0.15) is 17.5 Å². The first kappa shape index (κ1) is 14.1. The van der Waals surface area contributed by atoms with Crippen molar-refractivity contribution in [2.24, 2.45) is 11.8 Å². The molecule has 3 N–H and O–H groups in total. The van der Waals surface area contributed by atoms with Gasteiger partial charge in [0.25, 0.3) is 0 Å². The molecule has 2 rings (SSSR count). The lowest BCUT2D eigenvalue weighted by atomic mass is 9.96. The molecule has 19 heavy (non-hydrogen) atoms. The number of hydrazine groups is 1. The standard InChI is InChI=1S/C14H25N5/c1-9(10-6-7-10)19(5)12-8-11(18-15)16-13(17-12)14(2,3)4/h8-10H,6-7,15H2,1-5H3,(H,16,17,18). The van der Waals surface area contributed by atoms with Gasteiger partial charge in [0.05, 0.1) is 0 Å². The van der Waals surface area contributed by atoms with Crippen LogP contribution in [0.3, 0.4) is 0 Å². The highest BCUT2D eigenvalue weighted by Crippen LogP contribution is 2.36. The van der Waals surface area contributed by atoms with E-state index in [1.165, 1.54) is 12.8 Å². The first-order valence-electron chi connectivity index (χ1n) is 6.92. The van der Waals surface area contributed by atoms with Crippen molar-refractivity contribution < 1.29 is 0 Å². The van der Waals surface area contributed by atoms with Gasteiger partial charge in [-0.2, -0.15) is 0 Å². The van der Waals surface area contributed by atoms with Crippen molar-refractivity contribution in [2.75, 3.05) is 17.4 Å². The summed E-state index contributed by atoms with van der Waals surface area (Å²) in [4.78, 5) is 11.4. The Hall–Kier alpha value is -1.36. The van der Waals surface area contributed by atoms with Gasteiger partial charge in [-0.1, -0.05) is 20.8 Å². The second-order valence-corrected chi connectivity index (χ2v) is 6.52. The fourth-order valence-corrected chi connectivity index (χ4v) is 2.13. The Morgan fingerprint density at radius 2 is 2.00 bits per heavy atom. The van der Waals surface area contributed by atoms with Gasteiger partial charge >= 0.3 is 0 Å². The Morgan fingerprint density at radius 3 is 2.47 bits per heavy atom. The molecule has 1 saturated carbocycles. The zero-order valence-electron chi connectivity index (χ0n) is 12.6. The number of nitrogens with one attached hydrogen (secondary N) is 1. The summed E-state index contributed by atoms with van der Waals surface area (Å²) in [6.45, 7) is 8.58. The third-order valence-corrected chi connectivity index (χ3v) is 3.81. The van der Waals surface area contributed by atoms with Crippen LogP contribution < -0.4 is 16.2 Å². The topological polar surface area (TPSA) is 67.1 Å². The molecule has 0 aromatic carbocycles. The third kappa shape index (κ3) is 3.15. The lowest BCUT2D eigenvalue weighted by Crippen LogP contribution is -2.32. The molecular weight excluding hydrogens is 238 g/mol. The zero-order chi connectivity index (χ0) is 14.2. The summed E-state index contributed by atoms with van der Waals surface area (Å²) < 4.78 is 0. The Balaban J connectivity index is 2.33. The van der Waals surface area contributed by atoms with Crippen LogP contribution in [0.25, 0.3) is 0 Å². The van der Waals surface area contributed by atoms with Crippen LogP contribution in [0.5, 0.6) is 0 Å². The molecule has 0 amide bonds. The Labute approximate surface area is 115 Å². The highest BCUT2D eigenvalue weighted by atomic mass is 15.3. The van der Waals surface area contributed by atoms with E-state index in [4.69, 9.17) is 10.8 Å². The van der Waals surface area contributed by atoms with Gasteiger partial charge in [-0.25, -0.2) is 15.8 Å². The maximum Gasteiger partial charge on any atom is 0.145 e. The van der Waals surface area contributed by atoms with E-state index in [1.54, 1.807) is 0 Å². The SMILES string of the molecule is CC(C1CC1)N(C)c1cc(NN)nc(C(C)(C)C)n1. The number of hydrogen-bond acceptors (Lipinski definition) is 5. The van der Waals surface area contributed by atoms with Crippen molar-refractivity contribution >= 4 is 11.6 Å². The summed E-state index contributed by atoms with van der Waals surface area (Å²) in [7, 11) is 2.10. The van der Waals surface area contributed by atoms with E-state index in [9.17, 15) is 0 Å². The van der Waals surface area contributed by atoms with E-state index in [1.807, 2.05) is 6.07 Å². The van der Waals surface area contributed by atoms with Crippen LogP contribution >= 0.6 is 0 Å². The highest BCUT2D eigenvalue weighted by molar-refractivity contribution is 5.49. The molecule has 5 heteroatoms. The van der Waals surface area contributed by atoms with E-state index in [-0.39, 0.29) is 5.41 Å². The number of aromatic nitrogens is 2. The lowest BCUT2D eigenvalue weighted by molar-refractivity contribution is 0.540. The monoisotopic (exact) mass is 263 g/mol. The minimum absolute atomic E-state index is 0.0920. The Morgan fingerprint density at radius 1 is 1.37 bits per heavy atom. The maximum absolute atomic E-state index is 5.52. The molecule has 1 aliphatic carbocycles. The van der Waals surface area contributed by atoms with Crippen LogP contribution in [0.2, 0.25) is 0 Å². The van der Waals surface area contributed by atoms with Crippen molar-refractivity contribution in [1.82, 2.24) is 9.97 Å². The molecule has 1 aliphatic rings. The largest absolute Gasteiger partial charge is 0.357 e. The molecule has 1 fully saturated rings. The van der Waals surface area contributed by atoms with E-state index < -0.39 is 0 Å². The van der Waals surface area contributed by atoms with Gasteiger partial charge in [0.2, 0.25) is 0 Å². The average Bonchev–Trinajstić information content (AvgIpc) is 3.19. The van der Waals surface area contributed by atoms with Gasteiger partial charge < -0.3 is 10.3 Å². The second kappa shape index (κ2) is 4.96. The Bertz CT molecular complexity index is 448. The first-order chi connectivity index (χ1) is 8.82. The van der Waals surface area contributed by atoms with Crippen LogP contribution in [0.1, 0.15) is 46.4 Å². The molecule has 1 aromatic heterocycles. The van der Waals surface area contributed by atoms with Crippen molar-refractivity contribution in [3.63, 3.8) is 0 Å². The van der Waals surface area contributed by atoms with Gasteiger partial charge in [-0.3, -0.25) is 0 Å². The smallest absolute Gasteiger partial charge is 0.145 e. The summed E-state index contributed by atoms with van der Waals surface area (Å²) in [5.41, 5.74) is 2.55. The normalized spacial score (nSPS) is 17.2. The number of rotatable bonds is 4. The van der Waals surface area contributed by atoms with Crippen LogP contribution in [-0.4, -0.2) is 23.1 Å². The van der Waals surface area contributed by atoms with E-state index in [0.717, 1.165) is 17.6 Å². The number of nitrogen functional groups attached to an aromatic ring is 1. The predicted molar refractivity (Wildman–Crippen MR) is 79.1 cm³/mol. The van der Waals surface area contributed by atoms with E-state index in [0.29, 0.717) is 11.9 Å². The third-order valence-electron chi connectivity index (χ3n) is 3.81. The van der Waals surface area contributed by atoms with Crippen LogP contribution in [0, 0.1) is 5.92 Å². The van der Waals surface area contributed by atoms with Gasteiger partial charge in [-0.15, -0.1) is 0 Å². The molecule has 1 aromatic rings. The molecule has 1 heterocycles. The summed E-state index contributed by atoms with van der Waals surface area (Å²) in [5.74, 6) is 8.74. The summed E-state index contributed by atoms with van der Waals surface area (Å²) in [5, 5.41) is 0. The van der Waals surface area contributed by atoms with Crippen LogP contribution in [0.15, 0.2) is 6.07 Å². The average molecular weight is 263 g/mol. The van der Waals surface area contributed by atoms with Gasteiger partial charge in [0, 0.05) is 24.6 Å². The maximum atomic E-state index is 5.52. The highest BCUT2D eigenvalue weighted by Gasteiger charge is 2.31. The fourth-order valence-electron chi connectivity index (χ4n) is 2.13. The van der Waals surface area contributed by atoms with Crippen molar-refractivity contribution in [1.29, 1.82) is 0 Å². The van der Waals surface area contributed by atoms with Gasteiger partial charge in [0.15, 0.2) is 0 Å². The summed E-state index contributed by atoms with van der Waals surface area (Å²) in [6.07, 6.45) is 2.65. The van der Waals surface area contributed by atoms with Crippen molar-refractivity contribution in [2.45, 2.75) is 52.0 Å².